The largest absolute Gasteiger partial charge is 0.367 e. The lowest BCUT2D eigenvalue weighted by atomic mass is 9.98. The Bertz CT molecular complexity index is 659. The molecule has 0 saturated carbocycles. The summed E-state index contributed by atoms with van der Waals surface area (Å²) in [5.74, 6) is 0. The molecule has 0 spiro atoms. The van der Waals surface area contributed by atoms with Crippen LogP contribution < -0.4 is 0 Å². The molecule has 1 aliphatic heterocycles. The molecule has 0 aromatic heterocycles. The molecular weight excluding hydrogens is 363 g/mol. The first kappa shape index (κ1) is 22.1. The molecule has 0 saturated heterocycles. The Morgan fingerprint density at radius 1 is 0.692 bits per heavy atom. The molecule has 1 nitrogen and oxygen atoms in total. The van der Waals surface area contributed by atoms with Gasteiger partial charge in [0.05, 0.1) is 0 Å². The average molecular weight is 406 g/mol. The van der Waals surface area contributed by atoms with E-state index in [0.29, 0.717) is 0 Å². The van der Waals surface area contributed by atoms with Gasteiger partial charge in [0.25, 0.3) is 0 Å². The van der Waals surface area contributed by atoms with Crippen LogP contribution in [0.25, 0.3) is 0 Å². The molecule has 148 valence electrons. The summed E-state index contributed by atoms with van der Waals surface area (Å²) >= 11 is 0. The molecule has 2 aliphatic rings. The summed E-state index contributed by atoms with van der Waals surface area (Å²) in [5, 5.41) is 0.279. The second kappa shape index (κ2) is 6.43. The average Bonchev–Trinajstić information content (AvgIpc) is 2.82. The minimum absolute atomic E-state index is 0.279. The van der Waals surface area contributed by atoms with E-state index in [9.17, 15) is 0 Å². The summed E-state index contributed by atoms with van der Waals surface area (Å²) in [6, 6.07) is 2.75. The first-order valence-corrected chi connectivity index (χ1v) is 19.6. The number of hydrogen-bond acceptors (Lipinski definition) is 1. The Balaban J connectivity index is 2.87. The molecular formula is C22H43NSi3. The highest BCUT2D eigenvalue weighted by Gasteiger charge is 2.63. The number of nitrogens with zero attached hydrogens (tertiary/aromatic N) is 1. The van der Waals surface area contributed by atoms with Crippen LogP contribution in [-0.2, 0) is 0 Å². The molecule has 0 aromatic rings. The maximum absolute atomic E-state index is 3.28. The lowest BCUT2D eigenvalue weighted by Gasteiger charge is -2.61. The second-order valence-electron chi connectivity index (χ2n) is 11.2. The third-order valence-corrected chi connectivity index (χ3v) is 26.7. The molecule has 0 radical (unpaired) electrons. The molecule has 26 heavy (non-hydrogen) atoms. The van der Waals surface area contributed by atoms with Crippen LogP contribution in [0.5, 0.6) is 0 Å². The normalized spacial score (nSPS) is 23.8. The quantitative estimate of drug-likeness (QED) is 0.342. The first-order chi connectivity index (χ1) is 11.5. The van der Waals surface area contributed by atoms with Crippen LogP contribution in [0, 0.1) is 0 Å². The van der Waals surface area contributed by atoms with Crippen molar-refractivity contribution in [1.29, 1.82) is 0 Å². The van der Waals surface area contributed by atoms with E-state index in [-0.39, 0.29) is 5.04 Å². The van der Waals surface area contributed by atoms with Gasteiger partial charge < -0.3 is 3.90 Å². The maximum atomic E-state index is 3.28. The van der Waals surface area contributed by atoms with Crippen molar-refractivity contribution < 1.29 is 0 Å². The Labute approximate surface area is 166 Å². The van der Waals surface area contributed by atoms with Gasteiger partial charge in [-0.05, 0) is 64.8 Å². The zero-order valence-corrected chi connectivity index (χ0v) is 22.9. The minimum Gasteiger partial charge on any atom is -0.367 e. The molecule has 0 atom stereocenters. The number of allylic oxidation sites excluding steroid dienone is 6. The highest BCUT2D eigenvalue weighted by Crippen LogP contribution is 2.65. The van der Waals surface area contributed by atoms with Crippen LogP contribution in [0.1, 0.15) is 48.5 Å². The van der Waals surface area contributed by atoms with Gasteiger partial charge in [0.2, 0.25) is 0 Å². The smallest absolute Gasteiger partial charge is 0.137 e. The van der Waals surface area contributed by atoms with Crippen LogP contribution in [0.15, 0.2) is 33.4 Å². The fourth-order valence-corrected chi connectivity index (χ4v) is 32.9. The van der Waals surface area contributed by atoms with Crippen molar-refractivity contribution in [2.45, 2.75) is 105 Å². The van der Waals surface area contributed by atoms with Gasteiger partial charge in [0, 0.05) is 5.04 Å². The molecule has 0 bridgehead atoms. The van der Waals surface area contributed by atoms with Crippen molar-refractivity contribution in [2.24, 2.45) is 0 Å². The van der Waals surface area contributed by atoms with E-state index < -0.39 is 24.7 Å². The Morgan fingerprint density at radius 3 is 1.27 bits per heavy atom. The summed E-state index contributed by atoms with van der Waals surface area (Å²) in [6.07, 6.45) is 0. The molecule has 0 N–H and O–H groups in total. The Hall–Kier alpha value is -0.169. The standard InChI is InChI=1S/C22H43NSi3/c1-16-14-26(15-17(16)2,23(24(8,9)10)25(11,12)13)22(7)20(5)18(3)19(4)21(22)6/h14-15H2,1-13H3. The second-order valence-corrected chi connectivity index (χ2v) is 26.4. The van der Waals surface area contributed by atoms with Gasteiger partial charge >= 0.3 is 0 Å². The van der Waals surface area contributed by atoms with Crippen molar-refractivity contribution in [3.63, 3.8) is 0 Å². The van der Waals surface area contributed by atoms with Gasteiger partial charge in [0.15, 0.2) is 0 Å². The zero-order valence-electron chi connectivity index (χ0n) is 19.9. The van der Waals surface area contributed by atoms with Crippen LogP contribution in [0.3, 0.4) is 0 Å². The lowest BCUT2D eigenvalue weighted by molar-refractivity contribution is 0.706. The van der Waals surface area contributed by atoms with E-state index in [1.54, 1.807) is 33.4 Å². The van der Waals surface area contributed by atoms with Gasteiger partial charge in [-0.2, -0.15) is 0 Å². The minimum atomic E-state index is -1.79. The summed E-state index contributed by atoms with van der Waals surface area (Å²) in [4.78, 5) is 0. The van der Waals surface area contributed by atoms with E-state index in [1.165, 1.54) is 12.1 Å². The van der Waals surface area contributed by atoms with Crippen molar-refractivity contribution in [3.8, 4) is 0 Å². The predicted molar refractivity (Wildman–Crippen MR) is 127 cm³/mol. The van der Waals surface area contributed by atoms with Crippen molar-refractivity contribution in [2.75, 3.05) is 0 Å². The van der Waals surface area contributed by atoms with Crippen LogP contribution >= 0.6 is 0 Å². The van der Waals surface area contributed by atoms with Crippen LogP contribution in [0.2, 0.25) is 56.4 Å². The molecule has 0 aromatic carbocycles. The molecule has 1 heterocycles. The van der Waals surface area contributed by atoms with Crippen molar-refractivity contribution >= 4 is 24.7 Å². The zero-order chi connectivity index (χ0) is 20.5. The van der Waals surface area contributed by atoms with E-state index >= 15 is 0 Å². The SMILES string of the molecule is CC1=C(C)C[Si](N([Si](C)(C)C)[Si](C)(C)C)(C2(C)C(C)=C(C)C(C)=C2C)C1. The lowest BCUT2D eigenvalue weighted by Crippen LogP contribution is -2.74. The number of rotatable bonds is 4. The van der Waals surface area contributed by atoms with Crippen LogP contribution in [0.4, 0.5) is 0 Å². The molecule has 0 fully saturated rings. The summed E-state index contributed by atoms with van der Waals surface area (Å²) in [6.45, 7) is 32.8. The van der Waals surface area contributed by atoms with E-state index in [0.717, 1.165) is 0 Å². The summed E-state index contributed by atoms with van der Waals surface area (Å²) in [5.41, 5.74) is 9.91. The summed E-state index contributed by atoms with van der Waals surface area (Å²) < 4.78 is 3.28. The van der Waals surface area contributed by atoms with Gasteiger partial charge in [-0.25, -0.2) is 0 Å². The molecule has 0 unspecified atom stereocenters. The fourth-order valence-electron chi connectivity index (χ4n) is 6.56. The maximum Gasteiger partial charge on any atom is 0.137 e. The first-order valence-electron chi connectivity index (χ1n) is 10.3. The fraction of sp³-hybridized carbons (Fsp3) is 0.727. The molecule has 1 aliphatic carbocycles. The van der Waals surface area contributed by atoms with Crippen LogP contribution in [-0.4, -0.2) is 28.6 Å². The molecule has 4 heteroatoms. The third-order valence-electron chi connectivity index (χ3n) is 7.73. The molecule has 2 rings (SSSR count). The number of hydrogen-bond donors (Lipinski definition) is 0. The molecule has 0 amide bonds. The Kier molecular flexibility index (Phi) is 5.47. The third kappa shape index (κ3) is 2.96. The highest BCUT2D eigenvalue weighted by atomic mass is 28.5. The van der Waals surface area contributed by atoms with Gasteiger partial charge in [-0.3, -0.25) is 0 Å². The predicted octanol–water partition coefficient (Wildman–Crippen LogP) is 7.70. The van der Waals surface area contributed by atoms with Crippen molar-refractivity contribution in [3.05, 3.63) is 33.4 Å². The van der Waals surface area contributed by atoms with Gasteiger partial charge in [0.1, 0.15) is 24.7 Å². The van der Waals surface area contributed by atoms with Crippen molar-refractivity contribution in [1.82, 2.24) is 3.90 Å². The topological polar surface area (TPSA) is 3.24 Å². The Morgan fingerprint density at radius 2 is 1.00 bits per heavy atom. The summed E-state index contributed by atoms with van der Waals surface area (Å²) in [7, 11) is -4.70. The van der Waals surface area contributed by atoms with Gasteiger partial charge in [-0.1, -0.05) is 68.5 Å². The van der Waals surface area contributed by atoms with E-state index in [1.807, 2.05) is 0 Å². The van der Waals surface area contributed by atoms with E-state index in [4.69, 9.17) is 0 Å². The highest BCUT2D eigenvalue weighted by molar-refractivity contribution is 7.06. The monoisotopic (exact) mass is 405 g/mol. The van der Waals surface area contributed by atoms with Gasteiger partial charge in [-0.15, -0.1) is 0 Å². The van der Waals surface area contributed by atoms with E-state index in [2.05, 4.69) is 91.6 Å².